The Morgan fingerprint density at radius 1 is 1.47 bits per heavy atom. The summed E-state index contributed by atoms with van der Waals surface area (Å²) in [6.07, 6.45) is 1.58. The van der Waals surface area contributed by atoms with E-state index in [9.17, 15) is 4.79 Å². The maximum Gasteiger partial charge on any atom is 0.231 e. The smallest absolute Gasteiger partial charge is 0.231 e. The standard InChI is InChI=1S/C13H17ClN2O3/c1-8(3-2-4-15)13(17)16-10-6-12-11(5-9(10)14)18-7-19-12/h5-6,8H,2-4,7,15H2,1H3,(H,16,17). The Morgan fingerprint density at radius 2 is 2.16 bits per heavy atom. The monoisotopic (exact) mass is 284 g/mol. The largest absolute Gasteiger partial charge is 0.454 e. The molecule has 0 spiro atoms. The van der Waals surface area contributed by atoms with Crippen molar-refractivity contribution < 1.29 is 14.3 Å². The molecule has 2 rings (SSSR count). The van der Waals surface area contributed by atoms with Crippen molar-refractivity contribution in [1.29, 1.82) is 0 Å². The molecule has 6 heteroatoms. The molecule has 0 aromatic heterocycles. The quantitative estimate of drug-likeness (QED) is 0.871. The lowest BCUT2D eigenvalue weighted by atomic mass is 10.0. The average Bonchev–Trinajstić information content (AvgIpc) is 2.83. The second-order valence-electron chi connectivity index (χ2n) is 4.51. The Hall–Kier alpha value is -1.46. The van der Waals surface area contributed by atoms with E-state index < -0.39 is 0 Å². The summed E-state index contributed by atoms with van der Waals surface area (Å²) < 4.78 is 10.5. The van der Waals surface area contributed by atoms with Crippen molar-refractivity contribution in [3.63, 3.8) is 0 Å². The summed E-state index contributed by atoms with van der Waals surface area (Å²) in [6, 6.07) is 3.32. The molecule has 0 fully saturated rings. The lowest BCUT2D eigenvalue weighted by Gasteiger charge is -2.13. The molecular formula is C13H17ClN2O3. The summed E-state index contributed by atoms with van der Waals surface area (Å²) >= 11 is 6.09. The van der Waals surface area contributed by atoms with Gasteiger partial charge in [0.1, 0.15) is 0 Å². The van der Waals surface area contributed by atoms with Crippen molar-refractivity contribution >= 4 is 23.2 Å². The average molecular weight is 285 g/mol. The van der Waals surface area contributed by atoms with Gasteiger partial charge < -0.3 is 20.5 Å². The van der Waals surface area contributed by atoms with Gasteiger partial charge in [-0.25, -0.2) is 0 Å². The Labute approximate surface area is 117 Å². The van der Waals surface area contributed by atoms with E-state index in [0.29, 0.717) is 28.8 Å². The normalized spacial score (nSPS) is 14.3. The van der Waals surface area contributed by atoms with Crippen LogP contribution in [0.1, 0.15) is 19.8 Å². The molecule has 19 heavy (non-hydrogen) atoms. The Morgan fingerprint density at radius 3 is 2.84 bits per heavy atom. The predicted octanol–water partition coefficient (Wildman–Crippen LogP) is 2.38. The zero-order valence-electron chi connectivity index (χ0n) is 10.7. The van der Waals surface area contributed by atoms with Crippen molar-refractivity contribution in [3.8, 4) is 11.5 Å². The highest BCUT2D eigenvalue weighted by Crippen LogP contribution is 2.39. The maximum atomic E-state index is 12.0. The van der Waals surface area contributed by atoms with E-state index in [-0.39, 0.29) is 18.6 Å². The molecular weight excluding hydrogens is 268 g/mol. The molecule has 1 aromatic rings. The van der Waals surface area contributed by atoms with Crippen LogP contribution in [0.5, 0.6) is 11.5 Å². The van der Waals surface area contributed by atoms with Crippen molar-refractivity contribution in [2.24, 2.45) is 11.7 Å². The lowest BCUT2D eigenvalue weighted by molar-refractivity contribution is -0.119. The highest BCUT2D eigenvalue weighted by molar-refractivity contribution is 6.34. The van der Waals surface area contributed by atoms with Crippen LogP contribution >= 0.6 is 11.6 Å². The molecule has 0 saturated carbocycles. The second-order valence-corrected chi connectivity index (χ2v) is 4.91. The maximum absolute atomic E-state index is 12.0. The van der Waals surface area contributed by atoms with Gasteiger partial charge in [0, 0.05) is 18.1 Å². The van der Waals surface area contributed by atoms with E-state index in [1.807, 2.05) is 6.92 Å². The molecule has 1 aromatic carbocycles. The molecule has 0 aliphatic carbocycles. The topological polar surface area (TPSA) is 73.6 Å². The van der Waals surface area contributed by atoms with Gasteiger partial charge in [-0.3, -0.25) is 4.79 Å². The molecule has 1 aliphatic rings. The first kappa shape index (κ1) is 14.0. The number of rotatable bonds is 5. The van der Waals surface area contributed by atoms with Gasteiger partial charge in [-0.15, -0.1) is 0 Å². The van der Waals surface area contributed by atoms with Gasteiger partial charge in [0.15, 0.2) is 11.5 Å². The van der Waals surface area contributed by atoms with Crippen LogP contribution in [0.2, 0.25) is 5.02 Å². The number of carbonyl (C=O) groups excluding carboxylic acids is 1. The summed E-state index contributed by atoms with van der Waals surface area (Å²) in [5, 5.41) is 3.24. The minimum atomic E-state index is -0.106. The van der Waals surface area contributed by atoms with Gasteiger partial charge in [0.2, 0.25) is 12.7 Å². The lowest BCUT2D eigenvalue weighted by Crippen LogP contribution is -2.21. The number of nitrogens with one attached hydrogen (secondary N) is 1. The Bertz CT molecular complexity index is 479. The minimum Gasteiger partial charge on any atom is -0.454 e. The highest BCUT2D eigenvalue weighted by Gasteiger charge is 2.19. The van der Waals surface area contributed by atoms with Crippen LogP contribution in [0.4, 0.5) is 5.69 Å². The molecule has 0 radical (unpaired) electrons. The van der Waals surface area contributed by atoms with Gasteiger partial charge >= 0.3 is 0 Å². The fraction of sp³-hybridized carbons (Fsp3) is 0.462. The second kappa shape index (κ2) is 6.12. The summed E-state index contributed by atoms with van der Waals surface area (Å²) in [4.78, 5) is 12.0. The number of hydrogen-bond acceptors (Lipinski definition) is 4. The van der Waals surface area contributed by atoms with Gasteiger partial charge in [-0.05, 0) is 19.4 Å². The number of carbonyl (C=O) groups is 1. The molecule has 5 nitrogen and oxygen atoms in total. The van der Waals surface area contributed by atoms with Crippen LogP contribution in [0, 0.1) is 5.92 Å². The molecule has 1 aliphatic heterocycles. The van der Waals surface area contributed by atoms with Gasteiger partial charge in [0.05, 0.1) is 10.7 Å². The molecule has 1 unspecified atom stereocenters. The first-order chi connectivity index (χ1) is 9.11. The number of amides is 1. The number of halogens is 1. The molecule has 1 heterocycles. The molecule has 1 atom stereocenters. The van der Waals surface area contributed by atoms with Gasteiger partial charge in [-0.1, -0.05) is 18.5 Å². The first-order valence-corrected chi connectivity index (χ1v) is 6.59. The van der Waals surface area contributed by atoms with Crippen molar-refractivity contribution in [2.45, 2.75) is 19.8 Å². The Balaban J connectivity index is 2.04. The number of benzene rings is 1. The zero-order valence-corrected chi connectivity index (χ0v) is 11.5. The van der Waals surface area contributed by atoms with E-state index in [0.717, 1.165) is 12.8 Å². The Kier molecular flexibility index (Phi) is 4.50. The van der Waals surface area contributed by atoms with Gasteiger partial charge in [-0.2, -0.15) is 0 Å². The van der Waals surface area contributed by atoms with Crippen molar-refractivity contribution in [1.82, 2.24) is 0 Å². The number of nitrogens with two attached hydrogens (primary N) is 1. The van der Waals surface area contributed by atoms with E-state index in [4.69, 9.17) is 26.8 Å². The summed E-state index contributed by atoms with van der Waals surface area (Å²) in [6.45, 7) is 2.63. The highest BCUT2D eigenvalue weighted by atomic mass is 35.5. The van der Waals surface area contributed by atoms with Crippen LogP contribution < -0.4 is 20.5 Å². The fourth-order valence-electron chi connectivity index (χ4n) is 1.82. The molecule has 1 amide bonds. The van der Waals surface area contributed by atoms with Crippen LogP contribution in [-0.2, 0) is 4.79 Å². The van der Waals surface area contributed by atoms with Crippen LogP contribution in [-0.4, -0.2) is 19.2 Å². The number of fused-ring (bicyclic) bond motifs is 1. The summed E-state index contributed by atoms with van der Waals surface area (Å²) in [7, 11) is 0. The third-order valence-corrected chi connectivity index (χ3v) is 3.32. The summed E-state index contributed by atoms with van der Waals surface area (Å²) in [5.41, 5.74) is 5.97. The van der Waals surface area contributed by atoms with Crippen molar-refractivity contribution in [2.75, 3.05) is 18.7 Å². The van der Waals surface area contributed by atoms with E-state index in [1.165, 1.54) is 0 Å². The predicted molar refractivity (Wildman–Crippen MR) is 73.7 cm³/mol. The molecule has 0 bridgehead atoms. The molecule has 3 N–H and O–H groups in total. The third kappa shape index (κ3) is 3.30. The fourth-order valence-corrected chi connectivity index (χ4v) is 2.02. The number of ether oxygens (including phenoxy) is 2. The van der Waals surface area contributed by atoms with E-state index in [1.54, 1.807) is 12.1 Å². The number of hydrogen-bond donors (Lipinski definition) is 2. The minimum absolute atomic E-state index is 0.0748. The SMILES string of the molecule is CC(CCCN)C(=O)Nc1cc2c(cc1Cl)OCO2. The van der Waals surface area contributed by atoms with Crippen LogP contribution in [0.25, 0.3) is 0 Å². The van der Waals surface area contributed by atoms with Crippen LogP contribution in [0.3, 0.4) is 0 Å². The van der Waals surface area contributed by atoms with Gasteiger partial charge in [0.25, 0.3) is 0 Å². The molecule has 104 valence electrons. The zero-order chi connectivity index (χ0) is 13.8. The number of anilines is 1. The third-order valence-electron chi connectivity index (χ3n) is 3.01. The van der Waals surface area contributed by atoms with Crippen LogP contribution in [0.15, 0.2) is 12.1 Å². The van der Waals surface area contributed by atoms with E-state index in [2.05, 4.69) is 5.32 Å². The van der Waals surface area contributed by atoms with E-state index >= 15 is 0 Å². The molecule has 0 saturated heterocycles. The first-order valence-electron chi connectivity index (χ1n) is 6.22. The summed E-state index contributed by atoms with van der Waals surface area (Å²) in [5.74, 6) is 1.01. The van der Waals surface area contributed by atoms with Crippen molar-refractivity contribution in [3.05, 3.63) is 17.2 Å².